The highest BCUT2D eigenvalue weighted by molar-refractivity contribution is 5.73. The first kappa shape index (κ1) is 14.5. The largest absolute Gasteiger partial charge is 0.491 e. The van der Waals surface area contributed by atoms with Crippen LogP contribution in [0.5, 0.6) is 5.75 Å². The summed E-state index contributed by atoms with van der Waals surface area (Å²) < 4.78 is 5.62. The van der Waals surface area contributed by atoms with E-state index in [1.165, 1.54) is 6.92 Å². The molecule has 1 atom stereocenters. The standard InChI is InChI=1S/C14H21NO3/c1-11-6-4-5-7-14(11)18-9-8-15(13(3)17)10-12(2)16/h4-7,12,16H,8-10H2,1-3H3/t12-/m0/s1. The maximum absolute atomic E-state index is 11.3. The van der Waals surface area contributed by atoms with Crippen LogP contribution in [0, 0.1) is 6.92 Å². The Bertz CT molecular complexity index is 390. The fourth-order valence-electron chi connectivity index (χ4n) is 1.68. The molecule has 0 aliphatic carbocycles. The Kier molecular flexibility index (Phi) is 5.65. The number of hydrogen-bond donors (Lipinski definition) is 1. The second-order valence-electron chi connectivity index (χ2n) is 4.43. The number of aliphatic hydroxyl groups excluding tert-OH is 1. The zero-order valence-corrected chi connectivity index (χ0v) is 11.2. The van der Waals surface area contributed by atoms with Gasteiger partial charge >= 0.3 is 0 Å². The van der Waals surface area contributed by atoms with Crippen LogP contribution in [0.25, 0.3) is 0 Å². The molecule has 4 heteroatoms. The van der Waals surface area contributed by atoms with Crippen LogP contribution in [0.15, 0.2) is 24.3 Å². The Morgan fingerprint density at radius 2 is 2.11 bits per heavy atom. The van der Waals surface area contributed by atoms with Crippen molar-refractivity contribution in [3.63, 3.8) is 0 Å². The van der Waals surface area contributed by atoms with Crippen molar-refractivity contribution in [2.75, 3.05) is 19.7 Å². The molecule has 0 saturated carbocycles. The fraction of sp³-hybridized carbons (Fsp3) is 0.500. The van der Waals surface area contributed by atoms with Gasteiger partial charge < -0.3 is 14.7 Å². The maximum atomic E-state index is 11.3. The van der Waals surface area contributed by atoms with Crippen molar-refractivity contribution in [1.82, 2.24) is 4.90 Å². The molecule has 0 fully saturated rings. The molecule has 0 unspecified atom stereocenters. The van der Waals surface area contributed by atoms with Crippen molar-refractivity contribution in [2.24, 2.45) is 0 Å². The van der Waals surface area contributed by atoms with Crippen molar-refractivity contribution in [3.8, 4) is 5.75 Å². The molecule has 0 heterocycles. The summed E-state index contributed by atoms with van der Waals surface area (Å²) in [5.74, 6) is 0.780. The number of aryl methyl sites for hydroxylation is 1. The van der Waals surface area contributed by atoms with Gasteiger partial charge in [-0.25, -0.2) is 0 Å². The van der Waals surface area contributed by atoms with Crippen molar-refractivity contribution in [2.45, 2.75) is 26.9 Å². The van der Waals surface area contributed by atoms with Crippen molar-refractivity contribution < 1.29 is 14.6 Å². The third kappa shape index (κ3) is 4.75. The summed E-state index contributed by atoms with van der Waals surface area (Å²) in [5.41, 5.74) is 1.07. The van der Waals surface area contributed by atoms with E-state index in [0.717, 1.165) is 11.3 Å². The average molecular weight is 251 g/mol. The van der Waals surface area contributed by atoms with Crippen molar-refractivity contribution >= 4 is 5.91 Å². The molecule has 4 nitrogen and oxygen atoms in total. The zero-order valence-electron chi connectivity index (χ0n) is 11.2. The molecule has 0 saturated heterocycles. The van der Waals surface area contributed by atoms with Crippen LogP contribution in [0.3, 0.4) is 0 Å². The first-order chi connectivity index (χ1) is 8.50. The number of nitrogens with zero attached hydrogens (tertiary/aromatic N) is 1. The number of carbonyl (C=O) groups excluding carboxylic acids is 1. The lowest BCUT2D eigenvalue weighted by atomic mass is 10.2. The Balaban J connectivity index is 2.44. The number of carbonyl (C=O) groups is 1. The van der Waals surface area contributed by atoms with Crippen LogP contribution in [0.1, 0.15) is 19.4 Å². The van der Waals surface area contributed by atoms with Gasteiger partial charge in [-0.1, -0.05) is 18.2 Å². The average Bonchev–Trinajstić information content (AvgIpc) is 2.29. The molecule has 1 amide bonds. The van der Waals surface area contributed by atoms with Gasteiger partial charge in [0, 0.05) is 13.5 Å². The van der Waals surface area contributed by atoms with E-state index in [1.54, 1.807) is 11.8 Å². The minimum atomic E-state index is -0.521. The maximum Gasteiger partial charge on any atom is 0.219 e. The molecule has 0 radical (unpaired) electrons. The number of hydrogen-bond acceptors (Lipinski definition) is 3. The molecule has 1 aromatic rings. The lowest BCUT2D eigenvalue weighted by Crippen LogP contribution is -2.37. The van der Waals surface area contributed by atoms with Gasteiger partial charge in [0.05, 0.1) is 12.6 Å². The molecule has 0 aliphatic rings. The SMILES string of the molecule is CC(=O)N(CCOc1ccccc1C)C[C@H](C)O. The van der Waals surface area contributed by atoms with Crippen LogP contribution < -0.4 is 4.74 Å². The lowest BCUT2D eigenvalue weighted by Gasteiger charge is -2.22. The van der Waals surface area contributed by atoms with E-state index in [1.807, 2.05) is 31.2 Å². The summed E-state index contributed by atoms with van der Waals surface area (Å²) >= 11 is 0. The Hall–Kier alpha value is -1.55. The topological polar surface area (TPSA) is 49.8 Å². The first-order valence-corrected chi connectivity index (χ1v) is 6.12. The van der Waals surface area contributed by atoms with E-state index >= 15 is 0 Å². The summed E-state index contributed by atoms with van der Waals surface area (Å²) in [6.45, 7) is 6.39. The van der Waals surface area contributed by atoms with Gasteiger partial charge in [0.15, 0.2) is 0 Å². The highest BCUT2D eigenvalue weighted by Crippen LogP contribution is 2.15. The number of rotatable bonds is 6. The zero-order chi connectivity index (χ0) is 13.5. The molecular formula is C14H21NO3. The third-order valence-corrected chi connectivity index (χ3v) is 2.64. The molecule has 100 valence electrons. The number of aliphatic hydroxyl groups is 1. The number of amides is 1. The smallest absolute Gasteiger partial charge is 0.219 e. The second kappa shape index (κ2) is 7.01. The van der Waals surface area contributed by atoms with E-state index in [4.69, 9.17) is 4.74 Å². The molecule has 1 N–H and O–H groups in total. The monoisotopic (exact) mass is 251 g/mol. The van der Waals surface area contributed by atoms with Crippen LogP contribution in [-0.4, -0.2) is 41.7 Å². The summed E-state index contributed by atoms with van der Waals surface area (Å²) in [4.78, 5) is 12.9. The van der Waals surface area contributed by atoms with Gasteiger partial charge in [-0.05, 0) is 25.5 Å². The van der Waals surface area contributed by atoms with E-state index < -0.39 is 6.10 Å². The van der Waals surface area contributed by atoms with Crippen molar-refractivity contribution in [1.29, 1.82) is 0 Å². The molecule has 0 spiro atoms. The van der Waals surface area contributed by atoms with Gasteiger partial charge in [-0.2, -0.15) is 0 Å². The summed E-state index contributed by atoms with van der Waals surface area (Å²) in [7, 11) is 0. The third-order valence-electron chi connectivity index (χ3n) is 2.64. The molecule has 0 bridgehead atoms. The molecule has 18 heavy (non-hydrogen) atoms. The molecule has 1 aromatic carbocycles. The predicted molar refractivity (Wildman–Crippen MR) is 70.6 cm³/mol. The predicted octanol–water partition coefficient (Wildman–Crippen LogP) is 1.60. The lowest BCUT2D eigenvalue weighted by molar-refractivity contribution is -0.130. The quantitative estimate of drug-likeness (QED) is 0.835. The Morgan fingerprint density at radius 1 is 1.44 bits per heavy atom. The van der Waals surface area contributed by atoms with Crippen LogP contribution in [-0.2, 0) is 4.79 Å². The fourth-order valence-corrected chi connectivity index (χ4v) is 1.68. The van der Waals surface area contributed by atoms with Crippen LogP contribution >= 0.6 is 0 Å². The minimum absolute atomic E-state index is 0.0516. The highest BCUT2D eigenvalue weighted by atomic mass is 16.5. The molecular weight excluding hydrogens is 230 g/mol. The highest BCUT2D eigenvalue weighted by Gasteiger charge is 2.11. The van der Waals surface area contributed by atoms with Gasteiger partial charge in [0.25, 0.3) is 0 Å². The summed E-state index contributed by atoms with van der Waals surface area (Å²) in [6, 6.07) is 7.76. The van der Waals surface area contributed by atoms with E-state index in [-0.39, 0.29) is 5.91 Å². The number of benzene rings is 1. The number of ether oxygens (including phenoxy) is 1. The number of para-hydroxylation sites is 1. The Labute approximate surface area is 108 Å². The van der Waals surface area contributed by atoms with E-state index in [9.17, 15) is 9.90 Å². The van der Waals surface area contributed by atoms with Gasteiger partial charge in [0.2, 0.25) is 5.91 Å². The summed E-state index contributed by atoms with van der Waals surface area (Å²) in [6.07, 6.45) is -0.521. The van der Waals surface area contributed by atoms with Crippen molar-refractivity contribution in [3.05, 3.63) is 29.8 Å². The normalized spacial score (nSPS) is 12.0. The Morgan fingerprint density at radius 3 is 2.67 bits per heavy atom. The van der Waals surface area contributed by atoms with Crippen LogP contribution in [0.2, 0.25) is 0 Å². The molecule has 0 aromatic heterocycles. The van der Waals surface area contributed by atoms with E-state index in [2.05, 4.69) is 0 Å². The van der Waals surface area contributed by atoms with E-state index in [0.29, 0.717) is 19.7 Å². The van der Waals surface area contributed by atoms with Gasteiger partial charge in [-0.3, -0.25) is 4.79 Å². The first-order valence-electron chi connectivity index (χ1n) is 6.12. The molecule has 0 aliphatic heterocycles. The van der Waals surface area contributed by atoms with Gasteiger partial charge in [0.1, 0.15) is 12.4 Å². The van der Waals surface area contributed by atoms with Gasteiger partial charge in [-0.15, -0.1) is 0 Å². The second-order valence-corrected chi connectivity index (χ2v) is 4.43. The summed E-state index contributed by atoms with van der Waals surface area (Å²) in [5, 5.41) is 9.30. The minimum Gasteiger partial charge on any atom is -0.491 e. The molecule has 1 rings (SSSR count). The van der Waals surface area contributed by atoms with Crippen LogP contribution in [0.4, 0.5) is 0 Å².